The number of methoxy groups -OCH3 is 4. The molecule has 5 atom stereocenters. The first-order valence-electron chi connectivity index (χ1n) is 17.7. The molecule has 3 unspecified atom stereocenters. The summed E-state index contributed by atoms with van der Waals surface area (Å²) in [5, 5.41) is 17.9. The van der Waals surface area contributed by atoms with Crippen LogP contribution >= 0.6 is 0 Å². The third-order valence-electron chi connectivity index (χ3n) is 10.7. The fraction of sp³-hybridized carbons (Fsp3) is 0.425. The van der Waals surface area contributed by atoms with Gasteiger partial charge in [0.15, 0.2) is 11.5 Å². The number of H-pyrrole nitrogens is 1. The molecule has 1 saturated carbocycles. The van der Waals surface area contributed by atoms with Crippen LogP contribution in [0.2, 0.25) is 0 Å². The molecule has 0 spiro atoms. The molecule has 3 N–H and O–H groups in total. The molecule has 4 aromatic rings. The fourth-order valence-electron chi connectivity index (χ4n) is 8.27. The molecule has 3 aromatic carbocycles. The average molecular weight is 747 g/mol. The number of ether oxygens (including phenoxy) is 7. The van der Waals surface area contributed by atoms with E-state index in [4.69, 9.17) is 38.3 Å². The van der Waals surface area contributed by atoms with Crippen molar-refractivity contribution in [2.75, 3.05) is 48.6 Å². The second kappa shape index (κ2) is 16.7. The minimum absolute atomic E-state index is 0.0370. The summed E-state index contributed by atoms with van der Waals surface area (Å²) in [4.78, 5) is 45.7. The van der Waals surface area contributed by atoms with Gasteiger partial charge in [0.2, 0.25) is 5.75 Å². The predicted octanol–water partition coefficient (Wildman–Crippen LogP) is 5.57. The van der Waals surface area contributed by atoms with Crippen LogP contribution < -0.4 is 18.9 Å². The molecular weight excluding hydrogens is 700 g/mol. The number of aromatic amines is 1. The van der Waals surface area contributed by atoms with Gasteiger partial charge in [-0.1, -0.05) is 12.1 Å². The minimum Gasteiger partial charge on any atom is -0.508 e. The number of phenolic OH excluding ortho intramolecular Hbond substituents is 1. The van der Waals surface area contributed by atoms with Crippen molar-refractivity contribution in [2.45, 2.75) is 44.4 Å². The van der Waals surface area contributed by atoms with Crippen LogP contribution in [0.15, 0.2) is 54.6 Å². The van der Waals surface area contributed by atoms with Crippen molar-refractivity contribution >= 4 is 29.0 Å². The van der Waals surface area contributed by atoms with Crippen LogP contribution in [0.3, 0.4) is 0 Å². The van der Waals surface area contributed by atoms with Gasteiger partial charge in [0, 0.05) is 42.9 Å². The first-order valence-corrected chi connectivity index (χ1v) is 17.7. The van der Waals surface area contributed by atoms with Crippen molar-refractivity contribution in [3.8, 4) is 28.7 Å². The number of aliphatic hydroxyl groups is 1. The van der Waals surface area contributed by atoms with Crippen molar-refractivity contribution < 1.29 is 57.8 Å². The lowest BCUT2D eigenvalue weighted by Gasteiger charge is -2.51. The minimum atomic E-state index is -1.04. The van der Waals surface area contributed by atoms with Crippen molar-refractivity contribution in [3.63, 3.8) is 0 Å². The van der Waals surface area contributed by atoms with Crippen molar-refractivity contribution in [1.82, 2.24) is 9.88 Å². The Hall–Kier alpha value is -5.47. The summed E-state index contributed by atoms with van der Waals surface area (Å²) >= 11 is 0. The zero-order valence-electron chi connectivity index (χ0n) is 31.0. The highest BCUT2D eigenvalue weighted by Gasteiger charge is 2.49. The molecular formula is C40H46N2O12. The van der Waals surface area contributed by atoms with E-state index in [1.807, 2.05) is 12.1 Å². The van der Waals surface area contributed by atoms with E-state index in [0.29, 0.717) is 18.4 Å². The zero-order chi connectivity index (χ0) is 38.5. The molecule has 54 heavy (non-hydrogen) atoms. The monoisotopic (exact) mass is 746 g/mol. The Morgan fingerprint density at radius 1 is 0.907 bits per heavy atom. The molecule has 1 aliphatic carbocycles. The number of fused-ring (bicyclic) bond motifs is 6. The smallest absolute Gasteiger partial charge is 0.508 e. The van der Waals surface area contributed by atoms with Crippen LogP contribution in [0.25, 0.3) is 10.9 Å². The van der Waals surface area contributed by atoms with E-state index < -0.39 is 24.1 Å². The Balaban J connectivity index is 0.00000245. The number of aromatic nitrogens is 1. The van der Waals surface area contributed by atoms with Gasteiger partial charge in [0.1, 0.15) is 24.2 Å². The van der Waals surface area contributed by atoms with Gasteiger partial charge in [-0.3, -0.25) is 9.69 Å². The molecule has 2 fully saturated rings. The Kier molecular flexibility index (Phi) is 11.8. The molecule has 14 heteroatoms. The number of phenols is 1. The average Bonchev–Trinajstić information content (AvgIpc) is 3.57. The number of rotatable bonds is 9. The number of carbonyl (C=O) groups is 3. The van der Waals surface area contributed by atoms with Crippen molar-refractivity contribution in [1.29, 1.82) is 0 Å². The maximum Gasteiger partial charge on any atom is 0.514 e. The zero-order valence-corrected chi connectivity index (χ0v) is 31.0. The van der Waals surface area contributed by atoms with Crippen LogP contribution in [0, 0.1) is 17.8 Å². The first-order chi connectivity index (χ1) is 26.2. The van der Waals surface area contributed by atoms with E-state index in [0.717, 1.165) is 44.3 Å². The van der Waals surface area contributed by atoms with Gasteiger partial charge in [0.25, 0.3) is 0 Å². The Morgan fingerprint density at radius 3 is 2.35 bits per heavy atom. The van der Waals surface area contributed by atoms with Gasteiger partial charge < -0.3 is 48.4 Å². The largest absolute Gasteiger partial charge is 0.514 e. The summed E-state index contributed by atoms with van der Waals surface area (Å²) in [7, 11) is 6.79. The summed E-state index contributed by atoms with van der Waals surface area (Å²) in [6.45, 7) is 1.52. The van der Waals surface area contributed by atoms with E-state index >= 15 is 0 Å². The van der Waals surface area contributed by atoms with Crippen molar-refractivity contribution in [2.24, 2.45) is 17.8 Å². The lowest BCUT2D eigenvalue weighted by Crippen LogP contribution is -2.52. The summed E-state index contributed by atoms with van der Waals surface area (Å²) in [6.07, 6.45) is 1.07. The molecule has 2 aliphatic heterocycles. The summed E-state index contributed by atoms with van der Waals surface area (Å²) in [6, 6.07) is 15.3. The third kappa shape index (κ3) is 7.75. The number of nitrogens with one attached hydrogen (secondary N) is 1. The number of benzene rings is 3. The second-order valence-corrected chi connectivity index (χ2v) is 13.5. The third-order valence-corrected chi connectivity index (χ3v) is 10.7. The summed E-state index contributed by atoms with van der Waals surface area (Å²) in [5.74, 6) is -0.348. The first kappa shape index (κ1) is 38.3. The van der Waals surface area contributed by atoms with Gasteiger partial charge >= 0.3 is 18.1 Å². The van der Waals surface area contributed by atoms with Gasteiger partial charge in [-0.15, -0.1) is 0 Å². The number of carbonyl (C=O) groups excluding carboxylic acids is 3. The van der Waals surface area contributed by atoms with Gasteiger partial charge in [-0.05, 0) is 85.0 Å². The number of nitrogens with zero attached hydrogens (tertiary/aromatic N) is 1. The lowest BCUT2D eigenvalue weighted by molar-refractivity contribution is -0.155. The number of hydrogen-bond donors (Lipinski definition) is 3. The molecule has 0 bridgehead atoms. The Labute approximate surface area is 312 Å². The van der Waals surface area contributed by atoms with Gasteiger partial charge in [-0.25, -0.2) is 9.59 Å². The van der Waals surface area contributed by atoms with E-state index in [9.17, 15) is 19.5 Å². The number of hydrogen-bond acceptors (Lipinski definition) is 13. The fourth-order valence-corrected chi connectivity index (χ4v) is 8.27. The van der Waals surface area contributed by atoms with E-state index in [-0.39, 0.29) is 59.0 Å². The van der Waals surface area contributed by atoms with Gasteiger partial charge in [0.05, 0.1) is 46.0 Å². The molecule has 288 valence electrons. The topological polar surface area (TPSA) is 175 Å². The Bertz CT molecular complexity index is 1970. The van der Waals surface area contributed by atoms with Crippen LogP contribution in [0.1, 0.15) is 52.5 Å². The highest BCUT2D eigenvalue weighted by atomic mass is 16.7. The molecule has 3 aliphatic rings. The van der Waals surface area contributed by atoms with Crippen molar-refractivity contribution in [3.05, 3.63) is 77.0 Å². The Morgan fingerprint density at radius 2 is 1.67 bits per heavy atom. The molecule has 0 amide bonds. The van der Waals surface area contributed by atoms with Crippen LogP contribution in [-0.2, 0) is 32.0 Å². The molecule has 0 radical (unpaired) electrons. The lowest BCUT2D eigenvalue weighted by atomic mass is 9.65. The van der Waals surface area contributed by atoms with E-state index in [1.165, 1.54) is 62.2 Å². The molecule has 1 saturated heterocycles. The molecule has 7 rings (SSSR count). The predicted molar refractivity (Wildman–Crippen MR) is 195 cm³/mol. The number of aliphatic hydroxyl groups excluding tert-OH is 1. The van der Waals surface area contributed by atoms with Crippen LogP contribution in [0.5, 0.6) is 28.7 Å². The molecule has 14 nitrogen and oxygen atoms in total. The molecule has 1 aromatic heterocycles. The van der Waals surface area contributed by atoms with E-state index in [1.54, 1.807) is 19.2 Å². The normalized spacial score (nSPS) is 21.6. The standard InChI is InChI=1S/C39H42N2O11.CH4O/c1-46-25-8-9-27-28-10-11-41-19-23-13-26(16-30(38(44)49-4)29(23)18-32(41)35(28)40-31(27)17-25)51-37(43)22-14-33(47-2)36(34(15-22)48-3)52-39(45)50-20-21-6-5-7-24(42)12-21;1-2/h5-9,12,14-15,17,23,26,29-30,32,40,42H,10-11,13,16,18-20H2,1-4H3;2H,1H3/t23-,26?,29+,30?,32?;/m1./s1. The van der Waals surface area contributed by atoms with Crippen LogP contribution in [-0.4, -0.2) is 92.9 Å². The second-order valence-electron chi connectivity index (χ2n) is 13.5. The summed E-state index contributed by atoms with van der Waals surface area (Å²) < 4.78 is 38.4. The number of aromatic hydroxyl groups is 1. The SMILES string of the molecule is CO.COC(=O)C1CC(OC(=O)c2cc(OC)c(OC(=O)OCc3cccc(O)c3)c(OC)c2)C[C@@H]2CN3CCc4c([nH]c5cc(OC)ccc45)C3C[C@H]12. The highest BCUT2D eigenvalue weighted by Crippen LogP contribution is 2.50. The number of esters is 2. The quantitative estimate of drug-likeness (QED) is 0.110. The maximum absolute atomic E-state index is 13.6. The van der Waals surface area contributed by atoms with Gasteiger partial charge in [-0.2, -0.15) is 0 Å². The highest BCUT2D eigenvalue weighted by molar-refractivity contribution is 5.91. The summed E-state index contributed by atoms with van der Waals surface area (Å²) in [5.41, 5.74) is 4.25. The number of piperidine rings is 1. The maximum atomic E-state index is 13.6. The van der Waals surface area contributed by atoms with E-state index in [2.05, 4.69) is 16.0 Å². The molecule has 3 heterocycles. The van der Waals surface area contributed by atoms with Crippen LogP contribution in [0.4, 0.5) is 4.79 Å².